The number of carbonyl (C=O) groups excluding carboxylic acids is 1. The normalized spacial score (nSPS) is 15.5. The van der Waals surface area contributed by atoms with Gasteiger partial charge in [0.2, 0.25) is 5.91 Å². The summed E-state index contributed by atoms with van der Waals surface area (Å²) in [5, 5.41) is 8.89. The predicted molar refractivity (Wildman–Crippen MR) is 104 cm³/mol. The van der Waals surface area contributed by atoms with Gasteiger partial charge in [-0.2, -0.15) is 0 Å². The second-order valence-corrected chi connectivity index (χ2v) is 7.43. The second kappa shape index (κ2) is 9.08. The van der Waals surface area contributed by atoms with Gasteiger partial charge in [-0.3, -0.25) is 9.78 Å². The molecule has 0 N–H and O–H groups in total. The smallest absolute Gasteiger partial charge is 0.222 e. The third-order valence-electron chi connectivity index (χ3n) is 5.16. The standard InChI is InChI=1S/C20H30N6O/c1-4-26-18(15-24(2)3)22-23-20(26)16-10-13-25(14-11-16)19(27)9-8-17-7-5-6-12-21-17/h5-7,12,16H,4,8-11,13-15H2,1-3H3. The van der Waals surface area contributed by atoms with Crippen LogP contribution in [0.5, 0.6) is 0 Å². The highest BCUT2D eigenvalue weighted by Gasteiger charge is 2.27. The summed E-state index contributed by atoms with van der Waals surface area (Å²) in [7, 11) is 4.09. The molecular weight excluding hydrogens is 340 g/mol. The molecule has 1 amide bonds. The van der Waals surface area contributed by atoms with Gasteiger partial charge in [-0.25, -0.2) is 0 Å². The number of piperidine rings is 1. The molecule has 2 aromatic rings. The Bertz CT molecular complexity index is 734. The fourth-order valence-electron chi connectivity index (χ4n) is 3.72. The van der Waals surface area contributed by atoms with E-state index in [0.29, 0.717) is 18.8 Å². The van der Waals surface area contributed by atoms with Gasteiger partial charge in [0.05, 0.1) is 6.54 Å². The first kappa shape index (κ1) is 19.5. The van der Waals surface area contributed by atoms with Crippen molar-refractivity contribution in [2.45, 2.75) is 51.6 Å². The number of nitrogens with zero attached hydrogens (tertiary/aromatic N) is 6. The lowest BCUT2D eigenvalue weighted by molar-refractivity contribution is -0.132. The molecule has 0 atom stereocenters. The highest BCUT2D eigenvalue weighted by Crippen LogP contribution is 2.28. The molecule has 0 saturated carbocycles. The molecular formula is C20H30N6O. The van der Waals surface area contributed by atoms with E-state index >= 15 is 0 Å². The maximum absolute atomic E-state index is 12.5. The van der Waals surface area contributed by atoms with Crippen molar-refractivity contribution in [2.24, 2.45) is 0 Å². The quantitative estimate of drug-likeness (QED) is 0.747. The fourth-order valence-corrected chi connectivity index (χ4v) is 3.72. The minimum absolute atomic E-state index is 0.226. The van der Waals surface area contributed by atoms with Crippen molar-refractivity contribution >= 4 is 5.91 Å². The maximum Gasteiger partial charge on any atom is 0.222 e. The Kier molecular flexibility index (Phi) is 6.55. The van der Waals surface area contributed by atoms with Crippen LogP contribution in [0.2, 0.25) is 0 Å². The van der Waals surface area contributed by atoms with Gasteiger partial charge in [-0.15, -0.1) is 10.2 Å². The van der Waals surface area contributed by atoms with E-state index in [1.54, 1.807) is 6.20 Å². The molecule has 3 rings (SSSR count). The molecule has 7 heteroatoms. The summed E-state index contributed by atoms with van der Waals surface area (Å²) < 4.78 is 2.24. The van der Waals surface area contributed by atoms with E-state index in [-0.39, 0.29) is 5.91 Å². The average Bonchev–Trinajstić information content (AvgIpc) is 3.08. The maximum atomic E-state index is 12.5. The van der Waals surface area contributed by atoms with Gasteiger partial charge in [0, 0.05) is 43.9 Å². The molecule has 146 valence electrons. The second-order valence-electron chi connectivity index (χ2n) is 7.43. The molecule has 0 aliphatic carbocycles. The highest BCUT2D eigenvalue weighted by atomic mass is 16.2. The van der Waals surface area contributed by atoms with Crippen LogP contribution < -0.4 is 0 Å². The van der Waals surface area contributed by atoms with Crippen LogP contribution in [0.15, 0.2) is 24.4 Å². The van der Waals surface area contributed by atoms with E-state index in [4.69, 9.17) is 0 Å². The molecule has 0 bridgehead atoms. The number of likely N-dealkylation sites (tertiary alicyclic amines) is 1. The van der Waals surface area contributed by atoms with Crippen LogP contribution in [0.4, 0.5) is 0 Å². The van der Waals surface area contributed by atoms with Crippen molar-refractivity contribution in [1.82, 2.24) is 29.5 Å². The molecule has 1 aliphatic heterocycles. The number of rotatable bonds is 7. The van der Waals surface area contributed by atoms with Crippen molar-refractivity contribution in [1.29, 1.82) is 0 Å². The molecule has 2 aromatic heterocycles. The summed E-state index contributed by atoms with van der Waals surface area (Å²) >= 11 is 0. The van der Waals surface area contributed by atoms with E-state index in [1.165, 1.54) is 0 Å². The Morgan fingerprint density at radius 1 is 1.22 bits per heavy atom. The first-order valence-corrected chi connectivity index (χ1v) is 9.82. The Morgan fingerprint density at radius 3 is 2.63 bits per heavy atom. The number of hydrogen-bond acceptors (Lipinski definition) is 5. The molecule has 3 heterocycles. The van der Waals surface area contributed by atoms with Gasteiger partial charge >= 0.3 is 0 Å². The molecule has 0 aromatic carbocycles. The number of aryl methyl sites for hydroxylation is 1. The van der Waals surface area contributed by atoms with Crippen molar-refractivity contribution in [3.8, 4) is 0 Å². The number of hydrogen-bond donors (Lipinski definition) is 0. The van der Waals surface area contributed by atoms with Crippen LogP contribution in [-0.2, 0) is 24.3 Å². The Morgan fingerprint density at radius 2 is 2.00 bits per heavy atom. The lowest BCUT2D eigenvalue weighted by atomic mass is 9.95. The van der Waals surface area contributed by atoms with Crippen molar-refractivity contribution < 1.29 is 4.79 Å². The first-order chi connectivity index (χ1) is 13.1. The third kappa shape index (κ3) is 4.91. The molecule has 1 aliphatic rings. The van der Waals surface area contributed by atoms with Crippen molar-refractivity contribution in [2.75, 3.05) is 27.2 Å². The summed E-state index contributed by atoms with van der Waals surface area (Å²) in [6.45, 7) is 5.42. The largest absolute Gasteiger partial charge is 0.343 e. The van der Waals surface area contributed by atoms with E-state index in [1.807, 2.05) is 37.2 Å². The summed E-state index contributed by atoms with van der Waals surface area (Å²) in [6, 6.07) is 5.84. The van der Waals surface area contributed by atoms with Gasteiger partial charge in [0.1, 0.15) is 11.6 Å². The zero-order valence-corrected chi connectivity index (χ0v) is 16.6. The van der Waals surface area contributed by atoms with Crippen LogP contribution >= 0.6 is 0 Å². The highest BCUT2D eigenvalue weighted by molar-refractivity contribution is 5.76. The summed E-state index contributed by atoms with van der Waals surface area (Å²) in [4.78, 5) is 20.9. The lowest BCUT2D eigenvalue weighted by Crippen LogP contribution is -2.38. The molecule has 0 radical (unpaired) electrons. The zero-order chi connectivity index (χ0) is 19.2. The van der Waals surface area contributed by atoms with Gasteiger partial charge in [-0.1, -0.05) is 6.07 Å². The Balaban J connectivity index is 1.54. The molecule has 1 saturated heterocycles. The Labute approximate surface area is 161 Å². The SMILES string of the molecule is CCn1c(CN(C)C)nnc1C1CCN(C(=O)CCc2ccccn2)CC1. The van der Waals surface area contributed by atoms with Crippen LogP contribution in [-0.4, -0.2) is 62.6 Å². The zero-order valence-electron chi connectivity index (χ0n) is 16.6. The summed E-state index contributed by atoms with van der Waals surface area (Å²) in [6.07, 6.45) is 4.92. The van der Waals surface area contributed by atoms with E-state index in [2.05, 4.69) is 31.6 Å². The number of aromatic nitrogens is 4. The summed E-state index contributed by atoms with van der Waals surface area (Å²) in [5.74, 6) is 2.71. The van der Waals surface area contributed by atoms with Crippen molar-refractivity contribution in [3.05, 3.63) is 41.7 Å². The molecule has 7 nitrogen and oxygen atoms in total. The number of amides is 1. The lowest BCUT2D eigenvalue weighted by Gasteiger charge is -2.32. The van der Waals surface area contributed by atoms with Crippen molar-refractivity contribution in [3.63, 3.8) is 0 Å². The first-order valence-electron chi connectivity index (χ1n) is 9.82. The predicted octanol–water partition coefficient (Wildman–Crippen LogP) is 2.09. The van der Waals surface area contributed by atoms with E-state index in [0.717, 1.165) is 56.4 Å². The van der Waals surface area contributed by atoms with E-state index in [9.17, 15) is 4.79 Å². The topological polar surface area (TPSA) is 67.2 Å². The molecule has 27 heavy (non-hydrogen) atoms. The van der Waals surface area contributed by atoms with Crippen LogP contribution in [0, 0.1) is 0 Å². The van der Waals surface area contributed by atoms with E-state index < -0.39 is 0 Å². The van der Waals surface area contributed by atoms with Gasteiger partial charge < -0.3 is 14.4 Å². The van der Waals surface area contributed by atoms with Crippen LogP contribution in [0.1, 0.15) is 49.4 Å². The minimum Gasteiger partial charge on any atom is -0.343 e. The molecule has 1 fully saturated rings. The minimum atomic E-state index is 0.226. The van der Waals surface area contributed by atoms with Gasteiger partial charge in [0.15, 0.2) is 0 Å². The number of pyridine rings is 1. The van der Waals surface area contributed by atoms with Gasteiger partial charge in [0.25, 0.3) is 0 Å². The summed E-state index contributed by atoms with van der Waals surface area (Å²) in [5.41, 5.74) is 0.977. The Hall–Kier alpha value is -2.28. The number of carbonyl (C=O) groups is 1. The average molecular weight is 371 g/mol. The van der Waals surface area contributed by atoms with Gasteiger partial charge in [-0.05, 0) is 52.4 Å². The molecule has 0 spiro atoms. The molecule has 0 unspecified atom stereocenters. The van der Waals surface area contributed by atoms with Crippen LogP contribution in [0.25, 0.3) is 0 Å². The van der Waals surface area contributed by atoms with Crippen LogP contribution in [0.3, 0.4) is 0 Å². The third-order valence-corrected chi connectivity index (χ3v) is 5.16. The fraction of sp³-hybridized carbons (Fsp3) is 0.600. The monoisotopic (exact) mass is 370 g/mol.